The van der Waals surface area contributed by atoms with E-state index in [-0.39, 0.29) is 6.61 Å². The highest BCUT2D eigenvalue weighted by Crippen LogP contribution is 2.29. The van der Waals surface area contributed by atoms with E-state index in [2.05, 4.69) is 15.9 Å². The summed E-state index contributed by atoms with van der Waals surface area (Å²) in [6, 6.07) is 9.76. The summed E-state index contributed by atoms with van der Waals surface area (Å²) in [7, 11) is 0. The first-order valence-electron chi connectivity index (χ1n) is 6.01. The van der Waals surface area contributed by atoms with E-state index in [1.54, 1.807) is 37.3 Å². The molecular formula is C15H13BrClFO2. The molecule has 2 aromatic carbocycles. The maximum atomic E-state index is 13.7. The van der Waals surface area contributed by atoms with E-state index in [9.17, 15) is 9.50 Å². The molecule has 1 unspecified atom stereocenters. The lowest BCUT2D eigenvalue weighted by Crippen LogP contribution is -2.02. The first kappa shape index (κ1) is 15.3. The predicted octanol–water partition coefficient (Wildman–Crippen LogP) is 4.87. The van der Waals surface area contributed by atoms with E-state index < -0.39 is 11.9 Å². The fraction of sp³-hybridized carbons (Fsp3) is 0.200. The Morgan fingerprint density at radius 1 is 1.30 bits per heavy atom. The molecule has 0 bridgehead atoms. The van der Waals surface area contributed by atoms with Gasteiger partial charge in [-0.15, -0.1) is 0 Å². The molecule has 0 radical (unpaired) electrons. The Labute approximate surface area is 130 Å². The zero-order chi connectivity index (χ0) is 14.7. The van der Waals surface area contributed by atoms with E-state index in [1.165, 1.54) is 6.07 Å². The van der Waals surface area contributed by atoms with E-state index >= 15 is 0 Å². The highest BCUT2D eigenvalue weighted by atomic mass is 79.9. The normalized spacial score (nSPS) is 12.2. The molecule has 1 atom stereocenters. The van der Waals surface area contributed by atoms with Crippen molar-refractivity contribution < 1.29 is 14.2 Å². The molecule has 0 saturated heterocycles. The Kier molecular flexibility index (Phi) is 5.02. The number of aliphatic hydroxyl groups is 1. The van der Waals surface area contributed by atoms with Crippen molar-refractivity contribution in [3.8, 4) is 5.75 Å². The molecule has 1 N–H and O–H groups in total. The monoisotopic (exact) mass is 358 g/mol. The van der Waals surface area contributed by atoms with Gasteiger partial charge in [-0.2, -0.15) is 0 Å². The molecular weight excluding hydrogens is 347 g/mol. The van der Waals surface area contributed by atoms with Crippen molar-refractivity contribution in [3.05, 3.63) is 62.8 Å². The third-order valence-electron chi connectivity index (χ3n) is 2.82. The minimum absolute atomic E-state index is 0.0738. The van der Waals surface area contributed by atoms with Gasteiger partial charge >= 0.3 is 0 Å². The smallest absolute Gasteiger partial charge is 0.131 e. The van der Waals surface area contributed by atoms with Gasteiger partial charge in [-0.25, -0.2) is 4.39 Å². The summed E-state index contributed by atoms with van der Waals surface area (Å²) in [6.07, 6.45) is -0.669. The molecule has 106 valence electrons. The predicted molar refractivity (Wildman–Crippen MR) is 80.5 cm³/mol. The van der Waals surface area contributed by atoms with Crippen LogP contribution < -0.4 is 4.74 Å². The van der Waals surface area contributed by atoms with Gasteiger partial charge in [0.2, 0.25) is 0 Å². The second-order valence-corrected chi connectivity index (χ2v) is 5.73. The Hall–Kier alpha value is -1.10. The number of hydrogen-bond acceptors (Lipinski definition) is 2. The van der Waals surface area contributed by atoms with Crippen LogP contribution in [0.3, 0.4) is 0 Å². The molecule has 0 aliphatic rings. The van der Waals surface area contributed by atoms with Crippen LogP contribution >= 0.6 is 27.5 Å². The zero-order valence-corrected chi connectivity index (χ0v) is 13.1. The van der Waals surface area contributed by atoms with Crippen LogP contribution in [0.5, 0.6) is 5.75 Å². The molecule has 0 aliphatic heterocycles. The molecule has 0 saturated carbocycles. The highest BCUT2D eigenvalue weighted by Gasteiger charge is 2.11. The molecule has 0 amide bonds. The van der Waals surface area contributed by atoms with Crippen molar-refractivity contribution in [2.75, 3.05) is 0 Å². The topological polar surface area (TPSA) is 29.5 Å². The van der Waals surface area contributed by atoms with Crippen LogP contribution in [0, 0.1) is 5.82 Å². The zero-order valence-electron chi connectivity index (χ0n) is 10.7. The number of aliphatic hydroxyl groups excluding tert-OH is 1. The van der Waals surface area contributed by atoms with Gasteiger partial charge in [0.15, 0.2) is 0 Å². The molecule has 0 aliphatic carbocycles. The van der Waals surface area contributed by atoms with Crippen molar-refractivity contribution >= 4 is 27.5 Å². The average molecular weight is 360 g/mol. The van der Waals surface area contributed by atoms with Gasteiger partial charge in [0.1, 0.15) is 18.2 Å². The largest absolute Gasteiger partial charge is 0.488 e. The summed E-state index contributed by atoms with van der Waals surface area (Å²) in [5.74, 6) is 0.116. The quantitative estimate of drug-likeness (QED) is 0.843. The van der Waals surface area contributed by atoms with E-state index in [0.29, 0.717) is 21.9 Å². The van der Waals surface area contributed by atoms with Crippen molar-refractivity contribution in [1.82, 2.24) is 0 Å². The van der Waals surface area contributed by atoms with Crippen LogP contribution in [0.1, 0.15) is 24.2 Å². The fourth-order valence-corrected chi connectivity index (χ4v) is 2.31. The van der Waals surface area contributed by atoms with E-state index in [0.717, 1.165) is 4.47 Å². The second kappa shape index (κ2) is 6.57. The molecule has 20 heavy (non-hydrogen) atoms. The number of benzene rings is 2. The molecule has 0 heterocycles. The van der Waals surface area contributed by atoms with Gasteiger partial charge in [-0.05, 0) is 37.3 Å². The van der Waals surface area contributed by atoms with Gasteiger partial charge < -0.3 is 9.84 Å². The van der Waals surface area contributed by atoms with Crippen molar-refractivity contribution in [2.24, 2.45) is 0 Å². The third-order valence-corrected chi connectivity index (χ3v) is 3.55. The fourth-order valence-electron chi connectivity index (χ4n) is 1.77. The minimum Gasteiger partial charge on any atom is -0.488 e. The number of rotatable bonds is 4. The maximum Gasteiger partial charge on any atom is 0.131 e. The van der Waals surface area contributed by atoms with Crippen LogP contribution in [0.25, 0.3) is 0 Å². The summed E-state index contributed by atoms with van der Waals surface area (Å²) >= 11 is 9.04. The van der Waals surface area contributed by atoms with Gasteiger partial charge in [-0.1, -0.05) is 33.6 Å². The molecule has 5 heteroatoms. The van der Waals surface area contributed by atoms with Crippen LogP contribution in [-0.4, -0.2) is 5.11 Å². The van der Waals surface area contributed by atoms with Crippen molar-refractivity contribution in [3.63, 3.8) is 0 Å². The third kappa shape index (κ3) is 3.72. The highest BCUT2D eigenvalue weighted by molar-refractivity contribution is 9.10. The van der Waals surface area contributed by atoms with Crippen LogP contribution in [-0.2, 0) is 6.61 Å². The summed E-state index contributed by atoms with van der Waals surface area (Å²) in [5, 5.41) is 10.1. The summed E-state index contributed by atoms with van der Waals surface area (Å²) < 4.78 is 20.1. The second-order valence-electron chi connectivity index (χ2n) is 4.38. The molecule has 2 rings (SSSR count). The maximum absolute atomic E-state index is 13.7. The Morgan fingerprint density at radius 2 is 2.05 bits per heavy atom. The molecule has 2 nitrogen and oxygen atoms in total. The van der Waals surface area contributed by atoms with Gasteiger partial charge in [-0.3, -0.25) is 0 Å². The van der Waals surface area contributed by atoms with Gasteiger partial charge in [0, 0.05) is 20.6 Å². The lowest BCUT2D eigenvalue weighted by Gasteiger charge is -2.14. The first-order valence-corrected chi connectivity index (χ1v) is 7.18. The van der Waals surface area contributed by atoms with Crippen LogP contribution in [0.4, 0.5) is 4.39 Å². The van der Waals surface area contributed by atoms with E-state index in [1.807, 2.05) is 0 Å². The Balaban J connectivity index is 2.18. The van der Waals surface area contributed by atoms with Gasteiger partial charge in [0.05, 0.1) is 6.10 Å². The molecule has 2 aromatic rings. The van der Waals surface area contributed by atoms with Gasteiger partial charge in [0.25, 0.3) is 0 Å². The SMILES string of the molecule is CC(O)c1cc(Br)ccc1OCc1ccc(Cl)cc1F. The molecule has 0 aromatic heterocycles. The first-order chi connectivity index (χ1) is 9.47. The number of hydrogen-bond donors (Lipinski definition) is 1. The Bertz CT molecular complexity index is 617. The Morgan fingerprint density at radius 3 is 2.70 bits per heavy atom. The van der Waals surface area contributed by atoms with Crippen molar-refractivity contribution in [2.45, 2.75) is 19.6 Å². The van der Waals surface area contributed by atoms with E-state index in [4.69, 9.17) is 16.3 Å². The summed E-state index contributed by atoms with van der Waals surface area (Å²) in [6.45, 7) is 1.72. The molecule has 0 fully saturated rings. The lowest BCUT2D eigenvalue weighted by atomic mass is 10.1. The summed E-state index contributed by atoms with van der Waals surface area (Å²) in [4.78, 5) is 0. The van der Waals surface area contributed by atoms with Crippen LogP contribution in [0.15, 0.2) is 40.9 Å². The average Bonchev–Trinajstić information content (AvgIpc) is 2.38. The number of halogens is 3. The summed E-state index contributed by atoms with van der Waals surface area (Å²) in [5.41, 5.74) is 1.06. The number of ether oxygens (including phenoxy) is 1. The van der Waals surface area contributed by atoms with Crippen LogP contribution in [0.2, 0.25) is 5.02 Å². The lowest BCUT2D eigenvalue weighted by molar-refractivity contribution is 0.189. The van der Waals surface area contributed by atoms with Crippen molar-refractivity contribution in [1.29, 1.82) is 0 Å². The standard InChI is InChI=1S/C15H13BrClFO2/c1-9(19)13-6-11(16)3-5-15(13)20-8-10-2-4-12(17)7-14(10)18/h2-7,9,19H,8H2,1H3. The minimum atomic E-state index is -0.669. The molecule has 0 spiro atoms.